The van der Waals surface area contributed by atoms with Crippen LogP contribution in [0.15, 0.2) is 24.3 Å². The molecular weight excluding hydrogens is 316 g/mol. The molecule has 1 heterocycles. The summed E-state index contributed by atoms with van der Waals surface area (Å²) in [4.78, 5) is 23.6. The number of rotatable bonds is 8. The molecule has 7 heteroatoms. The maximum Gasteiger partial charge on any atom is 0.252 e. The van der Waals surface area contributed by atoms with Crippen LogP contribution in [-0.4, -0.2) is 38.0 Å². The fraction of sp³-hybridized carbons (Fsp3) is 0.500. The molecule has 6 nitrogen and oxygen atoms in total. The molecule has 2 rings (SSSR count). The van der Waals surface area contributed by atoms with Crippen molar-refractivity contribution in [2.24, 2.45) is 5.92 Å². The number of benzene rings is 1. The summed E-state index contributed by atoms with van der Waals surface area (Å²) in [5.41, 5.74) is 6.60. The molecule has 1 aliphatic rings. The van der Waals surface area contributed by atoms with E-state index in [4.69, 9.17) is 11.6 Å². The molecule has 0 radical (unpaired) electrons. The molecule has 0 saturated carbocycles. The first-order chi connectivity index (χ1) is 11.2. The normalized spacial score (nSPS) is 14.7. The lowest BCUT2D eigenvalue weighted by atomic mass is 10.0. The van der Waals surface area contributed by atoms with E-state index in [1.807, 2.05) is 0 Å². The smallest absolute Gasteiger partial charge is 0.252 e. The SMILES string of the molecule is O=C(CCCC1CNNC1)NCCNC(=O)c1ccccc1Cl. The van der Waals surface area contributed by atoms with Crippen molar-refractivity contribution in [3.8, 4) is 0 Å². The molecule has 1 fully saturated rings. The van der Waals surface area contributed by atoms with E-state index in [0.29, 0.717) is 36.0 Å². The molecule has 0 bridgehead atoms. The van der Waals surface area contributed by atoms with Gasteiger partial charge in [-0.3, -0.25) is 20.4 Å². The molecule has 0 aliphatic carbocycles. The lowest BCUT2D eigenvalue weighted by Gasteiger charge is -2.09. The number of halogens is 1. The van der Waals surface area contributed by atoms with Crippen LogP contribution in [0.25, 0.3) is 0 Å². The van der Waals surface area contributed by atoms with Gasteiger partial charge in [0, 0.05) is 32.6 Å². The van der Waals surface area contributed by atoms with Gasteiger partial charge in [0.25, 0.3) is 5.91 Å². The zero-order valence-electron chi connectivity index (χ0n) is 13.0. The zero-order valence-corrected chi connectivity index (χ0v) is 13.8. The average molecular weight is 339 g/mol. The van der Waals surface area contributed by atoms with E-state index in [1.54, 1.807) is 24.3 Å². The van der Waals surface area contributed by atoms with Gasteiger partial charge in [0.15, 0.2) is 0 Å². The molecule has 23 heavy (non-hydrogen) atoms. The molecule has 1 saturated heterocycles. The second-order valence-corrected chi connectivity index (χ2v) is 6.01. The van der Waals surface area contributed by atoms with Crippen molar-refractivity contribution in [3.63, 3.8) is 0 Å². The summed E-state index contributed by atoms with van der Waals surface area (Å²) in [7, 11) is 0. The number of amides is 2. The standard InChI is InChI=1S/C16H23ClN4O2/c17-14-6-2-1-5-13(14)16(23)19-9-8-18-15(22)7-3-4-12-10-20-21-11-12/h1-2,5-6,12,20-21H,3-4,7-11H2,(H,18,22)(H,19,23). The van der Waals surface area contributed by atoms with Crippen LogP contribution >= 0.6 is 11.6 Å². The van der Waals surface area contributed by atoms with Crippen molar-refractivity contribution in [1.29, 1.82) is 0 Å². The topological polar surface area (TPSA) is 82.3 Å². The maximum atomic E-state index is 11.9. The van der Waals surface area contributed by atoms with E-state index in [9.17, 15) is 9.59 Å². The number of hydrogen-bond donors (Lipinski definition) is 4. The van der Waals surface area contributed by atoms with Crippen molar-refractivity contribution in [1.82, 2.24) is 21.5 Å². The lowest BCUT2D eigenvalue weighted by Crippen LogP contribution is -2.34. The van der Waals surface area contributed by atoms with Crippen LogP contribution < -0.4 is 21.5 Å². The Labute approximate surface area is 141 Å². The van der Waals surface area contributed by atoms with Crippen LogP contribution in [0.5, 0.6) is 0 Å². The fourth-order valence-electron chi connectivity index (χ4n) is 2.47. The first kappa shape index (κ1) is 17.7. The first-order valence-corrected chi connectivity index (χ1v) is 8.30. The van der Waals surface area contributed by atoms with E-state index >= 15 is 0 Å². The first-order valence-electron chi connectivity index (χ1n) is 7.92. The molecule has 0 unspecified atom stereocenters. The maximum absolute atomic E-state index is 11.9. The third-order valence-electron chi connectivity index (χ3n) is 3.77. The minimum Gasteiger partial charge on any atom is -0.354 e. The Balaban J connectivity index is 1.55. The minimum atomic E-state index is -0.230. The van der Waals surface area contributed by atoms with Crippen molar-refractivity contribution in [2.75, 3.05) is 26.2 Å². The van der Waals surface area contributed by atoms with Crippen LogP contribution in [0.3, 0.4) is 0 Å². The van der Waals surface area contributed by atoms with Gasteiger partial charge >= 0.3 is 0 Å². The van der Waals surface area contributed by atoms with Gasteiger partial charge in [-0.15, -0.1) is 0 Å². The van der Waals surface area contributed by atoms with Crippen LogP contribution in [0, 0.1) is 5.92 Å². The second-order valence-electron chi connectivity index (χ2n) is 5.61. The summed E-state index contributed by atoms with van der Waals surface area (Å²) in [6, 6.07) is 6.88. The summed E-state index contributed by atoms with van der Waals surface area (Å²) in [6.07, 6.45) is 2.44. The Kier molecular flexibility index (Phi) is 7.32. The van der Waals surface area contributed by atoms with Gasteiger partial charge in [-0.1, -0.05) is 23.7 Å². The number of hydrazine groups is 1. The highest BCUT2D eigenvalue weighted by molar-refractivity contribution is 6.33. The van der Waals surface area contributed by atoms with E-state index in [-0.39, 0.29) is 11.8 Å². The van der Waals surface area contributed by atoms with Gasteiger partial charge < -0.3 is 10.6 Å². The second kappa shape index (κ2) is 9.50. The molecule has 2 amide bonds. The van der Waals surface area contributed by atoms with Crippen molar-refractivity contribution in [3.05, 3.63) is 34.9 Å². The summed E-state index contributed by atoms with van der Waals surface area (Å²) in [5, 5.41) is 5.97. The van der Waals surface area contributed by atoms with E-state index in [0.717, 1.165) is 25.9 Å². The zero-order chi connectivity index (χ0) is 16.5. The Morgan fingerprint density at radius 2 is 1.83 bits per heavy atom. The lowest BCUT2D eigenvalue weighted by molar-refractivity contribution is -0.121. The molecule has 0 aromatic heterocycles. The molecule has 1 aromatic rings. The highest BCUT2D eigenvalue weighted by Crippen LogP contribution is 2.14. The van der Waals surface area contributed by atoms with Crippen LogP contribution in [-0.2, 0) is 4.79 Å². The van der Waals surface area contributed by atoms with E-state index in [1.165, 1.54) is 0 Å². The molecule has 4 N–H and O–H groups in total. The van der Waals surface area contributed by atoms with Crippen LogP contribution in [0.4, 0.5) is 0 Å². The van der Waals surface area contributed by atoms with Gasteiger partial charge in [0.05, 0.1) is 10.6 Å². The summed E-state index contributed by atoms with van der Waals surface area (Å²) < 4.78 is 0. The number of hydrogen-bond acceptors (Lipinski definition) is 4. The monoisotopic (exact) mass is 338 g/mol. The highest BCUT2D eigenvalue weighted by Gasteiger charge is 2.14. The third-order valence-corrected chi connectivity index (χ3v) is 4.10. The Morgan fingerprint density at radius 1 is 1.13 bits per heavy atom. The van der Waals surface area contributed by atoms with Gasteiger partial charge in [0.2, 0.25) is 5.91 Å². The predicted molar refractivity (Wildman–Crippen MR) is 90.1 cm³/mol. The van der Waals surface area contributed by atoms with Gasteiger partial charge in [-0.25, -0.2) is 0 Å². The fourth-order valence-corrected chi connectivity index (χ4v) is 2.69. The molecule has 0 spiro atoms. The number of carbonyl (C=O) groups excluding carboxylic acids is 2. The van der Waals surface area contributed by atoms with Crippen molar-refractivity contribution in [2.45, 2.75) is 19.3 Å². The van der Waals surface area contributed by atoms with E-state index < -0.39 is 0 Å². The van der Waals surface area contributed by atoms with Gasteiger partial charge in [0.1, 0.15) is 0 Å². The Morgan fingerprint density at radius 3 is 2.57 bits per heavy atom. The molecule has 1 aliphatic heterocycles. The Bertz CT molecular complexity index is 533. The molecule has 0 atom stereocenters. The largest absolute Gasteiger partial charge is 0.354 e. The van der Waals surface area contributed by atoms with Crippen LogP contribution in [0.2, 0.25) is 5.02 Å². The quantitative estimate of drug-likeness (QED) is 0.535. The van der Waals surface area contributed by atoms with Gasteiger partial charge in [-0.2, -0.15) is 0 Å². The number of carbonyl (C=O) groups is 2. The Hall–Kier alpha value is -1.63. The third kappa shape index (κ3) is 6.17. The summed E-state index contributed by atoms with van der Waals surface area (Å²) in [6.45, 7) is 2.74. The van der Waals surface area contributed by atoms with Crippen molar-refractivity contribution >= 4 is 23.4 Å². The summed E-state index contributed by atoms with van der Waals surface area (Å²) in [5.74, 6) is 0.402. The predicted octanol–water partition coefficient (Wildman–Crippen LogP) is 1.08. The molecule has 1 aromatic carbocycles. The summed E-state index contributed by atoms with van der Waals surface area (Å²) >= 11 is 5.95. The molecular formula is C16H23ClN4O2. The average Bonchev–Trinajstić information content (AvgIpc) is 3.05. The minimum absolute atomic E-state index is 0.0240. The van der Waals surface area contributed by atoms with Crippen LogP contribution in [0.1, 0.15) is 29.6 Å². The van der Waals surface area contributed by atoms with E-state index in [2.05, 4.69) is 21.5 Å². The molecule has 126 valence electrons. The van der Waals surface area contributed by atoms with Crippen molar-refractivity contribution < 1.29 is 9.59 Å². The number of nitrogens with one attached hydrogen (secondary N) is 4. The van der Waals surface area contributed by atoms with Gasteiger partial charge in [-0.05, 0) is 30.9 Å². The highest BCUT2D eigenvalue weighted by atomic mass is 35.5.